The molecule has 2 aromatic carbocycles. The molecule has 1 aliphatic rings. The van der Waals surface area contributed by atoms with Crippen LogP contribution in [0.1, 0.15) is 25.0 Å². The van der Waals surface area contributed by atoms with E-state index in [9.17, 15) is 0 Å². The van der Waals surface area contributed by atoms with Crippen molar-refractivity contribution in [3.63, 3.8) is 0 Å². The van der Waals surface area contributed by atoms with Gasteiger partial charge in [0, 0.05) is 30.7 Å². The van der Waals surface area contributed by atoms with Gasteiger partial charge in [0.05, 0.1) is 11.4 Å². The van der Waals surface area contributed by atoms with E-state index in [0.717, 1.165) is 20.9 Å². The molecule has 1 heterocycles. The van der Waals surface area contributed by atoms with Crippen LogP contribution in [0.15, 0.2) is 66.3 Å². The number of rotatable bonds is 2. The summed E-state index contributed by atoms with van der Waals surface area (Å²) in [4.78, 5) is 4.64. The number of fused-ring (bicyclic) bond motifs is 2. The summed E-state index contributed by atoms with van der Waals surface area (Å²) < 4.78 is 0. The third-order valence-electron chi connectivity index (χ3n) is 3.46. The summed E-state index contributed by atoms with van der Waals surface area (Å²) in [5.41, 5.74) is 3.03. The summed E-state index contributed by atoms with van der Waals surface area (Å²) in [6.07, 6.45) is 0. The van der Waals surface area contributed by atoms with Gasteiger partial charge in [-0.2, -0.15) is 0 Å². The summed E-state index contributed by atoms with van der Waals surface area (Å²) in [5.74, 6) is 0. The third-order valence-corrected chi connectivity index (χ3v) is 5.99. The molecule has 0 unspecified atom stereocenters. The summed E-state index contributed by atoms with van der Waals surface area (Å²) in [6.45, 7) is 3.55. The first kappa shape index (κ1) is 15.0. The standard InChI is InChI=1S/C16H14N2O2S2/c1-9(17-19)11-3-5-13-15(7-11)21-14-6-4-12(10(2)18-20)8-16(14)22-13/h3-8,19-20H,1-2H3/b17-9+,18-10+. The minimum Gasteiger partial charge on any atom is -0.411 e. The fraction of sp³-hybridized carbons (Fsp3) is 0.125. The highest BCUT2D eigenvalue weighted by Gasteiger charge is 2.18. The van der Waals surface area contributed by atoms with Crippen molar-refractivity contribution in [2.24, 2.45) is 10.3 Å². The van der Waals surface area contributed by atoms with Crippen LogP contribution in [0.4, 0.5) is 0 Å². The van der Waals surface area contributed by atoms with Crippen molar-refractivity contribution in [1.82, 2.24) is 0 Å². The molecule has 0 amide bonds. The highest BCUT2D eigenvalue weighted by molar-refractivity contribution is 8.05. The van der Waals surface area contributed by atoms with E-state index in [4.69, 9.17) is 10.4 Å². The molecule has 0 spiro atoms. The molecule has 112 valence electrons. The molecular weight excluding hydrogens is 316 g/mol. The largest absolute Gasteiger partial charge is 0.411 e. The highest BCUT2D eigenvalue weighted by Crippen LogP contribution is 2.48. The molecular formula is C16H14N2O2S2. The van der Waals surface area contributed by atoms with Gasteiger partial charge in [-0.15, -0.1) is 0 Å². The van der Waals surface area contributed by atoms with Gasteiger partial charge in [0.25, 0.3) is 0 Å². The molecule has 0 aliphatic carbocycles. The first-order valence-electron chi connectivity index (χ1n) is 6.64. The van der Waals surface area contributed by atoms with Crippen molar-refractivity contribution in [2.45, 2.75) is 33.4 Å². The van der Waals surface area contributed by atoms with Crippen LogP contribution in [-0.2, 0) is 0 Å². The minimum atomic E-state index is 0.601. The summed E-state index contributed by atoms with van der Waals surface area (Å²) in [6, 6.07) is 12.1. The second-order valence-corrected chi connectivity index (χ2v) is 7.07. The Bertz CT molecular complexity index is 733. The normalized spacial score (nSPS) is 14.5. The van der Waals surface area contributed by atoms with Crippen LogP contribution in [0.2, 0.25) is 0 Å². The van der Waals surface area contributed by atoms with Gasteiger partial charge in [0.2, 0.25) is 0 Å². The maximum atomic E-state index is 8.90. The van der Waals surface area contributed by atoms with Crippen LogP contribution in [0.25, 0.3) is 0 Å². The van der Waals surface area contributed by atoms with Crippen LogP contribution >= 0.6 is 23.5 Å². The van der Waals surface area contributed by atoms with E-state index < -0.39 is 0 Å². The summed E-state index contributed by atoms with van der Waals surface area (Å²) >= 11 is 3.39. The Labute approximate surface area is 136 Å². The van der Waals surface area contributed by atoms with Gasteiger partial charge < -0.3 is 10.4 Å². The summed E-state index contributed by atoms with van der Waals surface area (Å²) in [7, 11) is 0. The third kappa shape index (κ3) is 2.71. The SMILES string of the molecule is C/C(=N\O)c1ccc2c(c1)Sc1ccc(/C(C)=N/O)cc1S2. The molecule has 1 aliphatic heterocycles. The van der Waals surface area contributed by atoms with Crippen molar-refractivity contribution in [1.29, 1.82) is 0 Å². The topological polar surface area (TPSA) is 65.2 Å². The fourth-order valence-electron chi connectivity index (χ4n) is 2.15. The molecule has 0 fully saturated rings. The lowest BCUT2D eigenvalue weighted by atomic mass is 10.1. The highest BCUT2D eigenvalue weighted by atomic mass is 32.2. The van der Waals surface area contributed by atoms with Gasteiger partial charge in [-0.05, 0) is 38.1 Å². The van der Waals surface area contributed by atoms with E-state index >= 15 is 0 Å². The molecule has 0 saturated carbocycles. The lowest BCUT2D eigenvalue weighted by Gasteiger charge is -2.19. The molecule has 4 nitrogen and oxygen atoms in total. The molecule has 0 bridgehead atoms. The van der Waals surface area contributed by atoms with Crippen molar-refractivity contribution in [3.05, 3.63) is 47.5 Å². The first-order valence-corrected chi connectivity index (χ1v) is 8.27. The van der Waals surface area contributed by atoms with E-state index in [0.29, 0.717) is 11.4 Å². The van der Waals surface area contributed by atoms with Gasteiger partial charge in [-0.3, -0.25) is 0 Å². The molecule has 0 aromatic heterocycles. The lowest BCUT2D eigenvalue weighted by Crippen LogP contribution is -1.99. The molecule has 22 heavy (non-hydrogen) atoms. The summed E-state index contributed by atoms with van der Waals surface area (Å²) in [5, 5.41) is 24.3. The van der Waals surface area contributed by atoms with Crippen molar-refractivity contribution < 1.29 is 10.4 Å². The smallest absolute Gasteiger partial charge is 0.0837 e. The Kier molecular flexibility index (Phi) is 4.13. The number of nitrogens with zero attached hydrogens (tertiary/aromatic N) is 2. The van der Waals surface area contributed by atoms with Crippen LogP contribution in [-0.4, -0.2) is 21.8 Å². The maximum absolute atomic E-state index is 8.90. The predicted octanol–water partition coefficient (Wildman–Crippen LogP) is 4.70. The second kappa shape index (κ2) is 6.06. The molecule has 0 saturated heterocycles. The molecule has 3 rings (SSSR count). The zero-order valence-corrected chi connectivity index (χ0v) is 13.7. The van der Waals surface area contributed by atoms with Gasteiger partial charge in [0.1, 0.15) is 0 Å². The van der Waals surface area contributed by atoms with Crippen LogP contribution in [0, 0.1) is 0 Å². The van der Waals surface area contributed by atoms with E-state index in [1.807, 2.05) is 36.4 Å². The Morgan fingerprint density at radius 2 is 1.14 bits per heavy atom. The second-order valence-electron chi connectivity index (χ2n) is 4.90. The van der Waals surface area contributed by atoms with E-state index in [2.05, 4.69) is 10.3 Å². The van der Waals surface area contributed by atoms with E-state index in [1.54, 1.807) is 37.4 Å². The molecule has 0 radical (unpaired) electrons. The van der Waals surface area contributed by atoms with Crippen LogP contribution < -0.4 is 0 Å². The Hall–Kier alpha value is -1.92. The molecule has 0 atom stereocenters. The van der Waals surface area contributed by atoms with Crippen molar-refractivity contribution in [2.75, 3.05) is 0 Å². The van der Waals surface area contributed by atoms with E-state index in [-0.39, 0.29) is 0 Å². The maximum Gasteiger partial charge on any atom is 0.0837 e. The number of hydrogen-bond acceptors (Lipinski definition) is 6. The first-order chi connectivity index (χ1) is 10.6. The van der Waals surface area contributed by atoms with Crippen molar-refractivity contribution >= 4 is 34.9 Å². The number of benzene rings is 2. The van der Waals surface area contributed by atoms with Gasteiger partial charge in [-0.25, -0.2) is 0 Å². The molecule has 2 N–H and O–H groups in total. The van der Waals surface area contributed by atoms with Crippen LogP contribution in [0.3, 0.4) is 0 Å². The van der Waals surface area contributed by atoms with Gasteiger partial charge in [-0.1, -0.05) is 46.0 Å². The Morgan fingerprint density at radius 1 is 0.727 bits per heavy atom. The average Bonchev–Trinajstić information content (AvgIpc) is 2.57. The Morgan fingerprint density at radius 3 is 1.50 bits per heavy atom. The number of hydrogen-bond donors (Lipinski definition) is 2. The van der Waals surface area contributed by atoms with Crippen molar-refractivity contribution in [3.8, 4) is 0 Å². The quantitative estimate of drug-likeness (QED) is 0.406. The predicted molar refractivity (Wildman–Crippen MR) is 89.1 cm³/mol. The Balaban J connectivity index is 1.98. The average molecular weight is 330 g/mol. The number of oxime groups is 2. The lowest BCUT2D eigenvalue weighted by molar-refractivity contribution is 0.319. The van der Waals surface area contributed by atoms with Crippen LogP contribution in [0.5, 0.6) is 0 Å². The monoisotopic (exact) mass is 330 g/mol. The minimum absolute atomic E-state index is 0.601. The zero-order chi connectivity index (χ0) is 15.7. The molecule has 6 heteroatoms. The van der Waals surface area contributed by atoms with Gasteiger partial charge in [0.15, 0.2) is 0 Å². The fourth-order valence-corrected chi connectivity index (χ4v) is 4.42. The van der Waals surface area contributed by atoms with Gasteiger partial charge >= 0.3 is 0 Å². The van der Waals surface area contributed by atoms with E-state index in [1.165, 1.54) is 9.79 Å². The zero-order valence-electron chi connectivity index (χ0n) is 12.1. The molecule has 2 aromatic rings.